The van der Waals surface area contributed by atoms with Crippen LogP contribution in [0.1, 0.15) is 48.1 Å². The highest BCUT2D eigenvalue weighted by molar-refractivity contribution is 7.87. The first-order chi connectivity index (χ1) is 17.7. The van der Waals surface area contributed by atoms with Gasteiger partial charge in [0.25, 0.3) is 5.91 Å². The Labute approximate surface area is 215 Å². The lowest BCUT2D eigenvalue weighted by molar-refractivity contribution is 0.0981. The van der Waals surface area contributed by atoms with E-state index in [2.05, 4.69) is 14.7 Å². The molecular formula is C25H30FN5O5S. The number of aromatic nitrogens is 2. The summed E-state index contributed by atoms with van der Waals surface area (Å²) in [6, 6.07) is 8.42. The molecule has 2 atom stereocenters. The number of amides is 1. The molecule has 2 aromatic heterocycles. The summed E-state index contributed by atoms with van der Waals surface area (Å²) < 4.78 is 55.3. The molecule has 5 rings (SSSR count). The zero-order valence-corrected chi connectivity index (χ0v) is 21.6. The molecule has 2 saturated heterocycles. The number of nitrogens with one attached hydrogen (secondary N) is 1. The minimum absolute atomic E-state index is 0.0795. The number of halogens is 1. The molecule has 37 heavy (non-hydrogen) atoms. The standard InChI is InChI=1S/C25H30FN5O5S/c1-3-29(2)37(33,34)28-25(32)22-15-27-31-9-6-19(14-24(22)31)30-8-4-5-23(30)17-11-18(26)13-21(12-17)36-20-7-10-35-16-20/h6,9,11-15,20,23H,3-5,7-8,10,16H2,1-2H3,(H,28,32). The van der Waals surface area contributed by atoms with Crippen molar-refractivity contribution in [3.63, 3.8) is 0 Å². The van der Waals surface area contributed by atoms with E-state index in [-0.39, 0.29) is 30.1 Å². The van der Waals surface area contributed by atoms with Crippen molar-refractivity contribution in [2.24, 2.45) is 0 Å². The van der Waals surface area contributed by atoms with Crippen molar-refractivity contribution < 1.29 is 27.1 Å². The van der Waals surface area contributed by atoms with E-state index in [1.165, 1.54) is 29.9 Å². The molecule has 3 aromatic rings. The minimum atomic E-state index is -3.96. The zero-order chi connectivity index (χ0) is 26.2. The van der Waals surface area contributed by atoms with Crippen LogP contribution in [0.25, 0.3) is 5.52 Å². The molecule has 4 heterocycles. The summed E-state index contributed by atoms with van der Waals surface area (Å²) >= 11 is 0. The van der Waals surface area contributed by atoms with Crippen molar-refractivity contribution in [2.45, 2.75) is 38.3 Å². The van der Waals surface area contributed by atoms with Gasteiger partial charge < -0.3 is 14.4 Å². The lowest BCUT2D eigenvalue weighted by Gasteiger charge is -2.28. The van der Waals surface area contributed by atoms with Gasteiger partial charge in [0.15, 0.2) is 0 Å². The molecule has 1 N–H and O–H groups in total. The third-order valence-corrected chi connectivity index (χ3v) is 8.40. The number of hydrogen-bond acceptors (Lipinski definition) is 7. The summed E-state index contributed by atoms with van der Waals surface area (Å²) in [7, 11) is -2.57. The average Bonchev–Trinajstić information content (AvgIpc) is 3.63. The van der Waals surface area contributed by atoms with E-state index >= 15 is 0 Å². The minimum Gasteiger partial charge on any atom is -0.488 e. The van der Waals surface area contributed by atoms with E-state index < -0.39 is 16.1 Å². The summed E-state index contributed by atoms with van der Waals surface area (Å²) in [5.41, 5.74) is 2.26. The third-order valence-electron chi connectivity index (χ3n) is 6.88. The molecule has 2 fully saturated rings. The molecule has 198 valence electrons. The number of ether oxygens (including phenoxy) is 2. The van der Waals surface area contributed by atoms with Crippen molar-refractivity contribution in [2.75, 3.05) is 38.3 Å². The molecule has 10 nitrogen and oxygen atoms in total. The number of anilines is 1. The summed E-state index contributed by atoms with van der Waals surface area (Å²) in [6.07, 6.45) is 5.51. The van der Waals surface area contributed by atoms with Gasteiger partial charge in [-0.25, -0.2) is 13.6 Å². The normalized spacial score (nSPS) is 20.2. The summed E-state index contributed by atoms with van der Waals surface area (Å²) in [5.74, 6) is -0.629. The first-order valence-electron chi connectivity index (χ1n) is 12.3. The van der Waals surface area contributed by atoms with E-state index in [4.69, 9.17) is 9.47 Å². The molecule has 0 radical (unpaired) electrons. The predicted octanol–water partition coefficient (Wildman–Crippen LogP) is 2.91. The molecule has 0 spiro atoms. The fourth-order valence-corrected chi connectivity index (χ4v) is 5.65. The Morgan fingerprint density at radius 1 is 1.30 bits per heavy atom. The highest BCUT2D eigenvalue weighted by Gasteiger charge is 2.29. The zero-order valence-electron chi connectivity index (χ0n) is 20.8. The number of nitrogens with zero attached hydrogens (tertiary/aromatic N) is 4. The van der Waals surface area contributed by atoms with E-state index in [1.807, 2.05) is 18.2 Å². The second-order valence-corrected chi connectivity index (χ2v) is 11.1. The molecule has 2 aliphatic rings. The Kier molecular flexibility index (Phi) is 7.06. The first kappa shape index (κ1) is 25.4. The molecule has 0 saturated carbocycles. The fraction of sp³-hybridized carbons (Fsp3) is 0.440. The van der Waals surface area contributed by atoms with Gasteiger partial charge in [0.1, 0.15) is 17.7 Å². The topological polar surface area (TPSA) is 105 Å². The van der Waals surface area contributed by atoms with E-state index in [9.17, 15) is 17.6 Å². The van der Waals surface area contributed by atoms with Gasteiger partial charge in [0.2, 0.25) is 0 Å². The SMILES string of the molecule is CCN(C)S(=O)(=O)NC(=O)c1cnn2ccc(N3CCCC3c3cc(F)cc(OC4CCOC4)c3)cc12. The molecule has 2 unspecified atom stereocenters. The fourth-order valence-electron chi connectivity index (χ4n) is 4.81. The molecule has 2 aliphatic heterocycles. The Bertz CT molecular complexity index is 1410. The number of benzene rings is 1. The van der Waals surface area contributed by atoms with Gasteiger partial charge in [0, 0.05) is 44.5 Å². The van der Waals surface area contributed by atoms with Crippen LogP contribution >= 0.6 is 0 Å². The quantitative estimate of drug-likeness (QED) is 0.477. The molecule has 12 heteroatoms. The highest BCUT2D eigenvalue weighted by Crippen LogP contribution is 2.38. The number of pyridine rings is 1. The lowest BCUT2D eigenvalue weighted by atomic mass is 10.0. The van der Waals surface area contributed by atoms with Crippen molar-refractivity contribution in [3.05, 3.63) is 59.7 Å². The van der Waals surface area contributed by atoms with Crippen LogP contribution < -0.4 is 14.4 Å². The average molecular weight is 532 g/mol. The van der Waals surface area contributed by atoms with Crippen molar-refractivity contribution >= 4 is 27.3 Å². The van der Waals surface area contributed by atoms with Crippen LogP contribution in [0.2, 0.25) is 0 Å². The summed E-state index contributed by atoms with van der Waals surface area (Å²) in [4.78, 5) is 15.0. The Morgan fingerprint density at radius 3 is 2.89 bits per heavy atom. The lowest BCUT2D eigenvalue weighted by Crippen LogP contribution is -2.41. The largest absolute Gasteiger partial charge is 0.488 e. The Morgan fingerprint density at radius 2 is 2.14 bits per heavy atom. The van der Waals surface area contributed by atoms with Crippen LogP contribution in [0.4, 0.5) is 10.1 Å². The van der Waals surface area contributed by atoms with Crippen LogP contribution in [0.5, 0.6) is 5.75 Å². The Balaban J connectivity index is 1.42. The van der Waals surface area contributed by atoms with E-state index in [0.29, 0.717) is 24.5 Å². The molecule has 0 bridgehead atoms. The van der Waals surface area contributed by atoms with Crippen LogP contribution in [-0.4, -0.2) is 67.7 Å². The van der Waals surface area contributed by atoms with Crippen LogP contribution in [0, 0.1) is 5.82 Å². The monoisotopic (exact) mass is 531 g/mol. The van der Waals surface area contributed by atoms with Crippen LogP contribution in [0.3, 0.4) is 0 Å². The van der Waals surface area contributed by atoms with Crippen molar-refractivity contribution in [3.8, 4) is 5.75 Å². The molecular weight excluding hydrogens is 501 g/mol. The maximum Gasteiger partial charge on any atom is 0.303 e. The second-order valence-electron chi connectivity index (χ2n) is 9.30. The van der Waals surface area contributed by atoms with Gasteiger partial charge >= 0.3 is 10.2 Å². The molecule has 0 aliphatic carbocycles. The maximum atomic E-state index is 14.6. The van der Waals surface area contributed by atoms with Gasteiger partial charge in [-0.15, -0.1) is 0 Å². The number of fused-ring (bicyclic) bond motifs is 1. The van der Waals surface area contributed by atoms with Gasteiger partial charge in [-0.2, -0.15) is 17.8 Å². The van der Waals surface area contributed by atoms with Gasteiger partial charge in [-0.1, -0.05) is 6.92 Å². The molecule has 1 amide bonds. The first-order valence-corrected chi connectivity index (χ1v) is 13.8. The van der Waals surface area contributed by atoms with Gasteiger partial charge in [-0.3, -0.25) is 4.79 Å². The van der Waals surface area contributed by atoms with Gasteiger partial charge in [-0.05, 0) is 42.7 Å². The van der Waals surface area contributed by atoms with Crippen LogP contribution in [-0.2, 0) is 14.9 Å². The molecule has 1 aromatic carbocycles. The maximum absolute atomic E-state index is 14.6. The number of carbonyl (C=O) groups excluding carboxylic acids is 1. The summed E-state index contributed by atoms with van der Waals surface area (Å²) in [5, 5.41) is 4.20. The second kappa shape index (κ2) is 10.3. The highest BCUT2D eigenvalue weighted by atomic mass is 32.2. The van der Waals surface area contributed by atoms with Crippen LogP contribution in [0.15, 0.2) is 42.7 Å². The predicted molar refractivity (Wildman–Crippen MR) is 135 cm³/mol. The van der Waals surface area contributed by atoms with E-state index in [0.717, 1.165) is 41.4 Å². The summed E-state index contributed by atoms with van der Waals surface area (Å²) in [6.45, 7) is 3.78. The smallest absolute Gasteiger partial charge is 0.303 e. The van der Waals surface area contributed by atoms with Gasteiger partial charge in [0.05, 0.1) is 36.5 Å². The number of carbonyl (C=O) groups is 1. The number of hydrogen-bond donors (Lipinski definition) is 1. The van der Waals surface area contributed by atoms with Crippen molar-refractivity contribution in [1.29, 1.82) is 0 Å². The number of rotatable bonds is 8. The van der Waals surface area contributed by atoms with Crippen molar-refractivity contribution in [1.82, 2.24) is 18.6 Å². The van der Waals surface area contributed by atoms with E-state index in [1.54, 1.807) is 13.1 Å². The Hall–Kier alpha value is -3.22. The third kappa shape index (κ3) is 5.27.